The number of alkyl halides is 3. The molecule has 0 amide bonds. The number of methoxy groups -OCH3 is 2. The summed E-state index contributed by atoms with van der Waals surface area (Å²) in [6.07, 6.45) is -3.45. The quantitative estimate of drug-likeness (QED) is 0.183. The highest BCUT2D eigenvalue weighted by Crippen LogP contribution is 2.29. The molecule has 0 saturated heterocycles. The van der Waals surface area contributed by atoms with Crippen molar-refractivity contribution in [3.63, 3.8) is 0 Å². The highest BCUT2D eigenvalue weighted by molar-refractivity contribution is 14.0. The first-order valence-corrected chi connectivity index (χ1v) is 9.69. The fourth-order valence-electron chi connectivity index (χ4n) is 2.72. The molecular formula is C20H28F3IN6O2. The van der Waals surface area contributed by atoms with Crippen molar-refractivity contribution in [2.45, 2.75) is 26.1 Å². The summed E-state index contributed by atoms with van der Waals surface area (Å²) in [5.41, 5.74) is -0.104. The molecule has 2 rings (SSSR count). The summed E-state index contributed by atoms with van der Waals surface area (Å²) in [5, 5.41) is 9.17. The van der Waals surface area contributed by atoms with Crippen LogP contribution in [0.1, 0.15) is 31.1 Å². The molecule has 32 heavy (non-hydrogen) atoms. The van der Waals surface area contributed by atoms with Crippen LogP contribution in [0.4, 0.5) is 19.1 Å². The molecule has 1 aromatic carbocycles. The van der Waals surface area contributed by atoms with E-state index in [9.17, 15) is 13.2 Å². The predicted octanol–water partition coefficient (Wildman–Crippen LogP) is 3.86. The molecule has 2 aromatic rings. The maximum Gasteiger partial charge on any atom is 0.433 e. The molecule has 178 valence electrons. The molecule has 0 fully saturated rings. The van der Waals surface area contributed by atoms with Gasteiger partial charge in [0.15, 0.2) is 5.96 Å². The van der Waals surface area contributed by atoms with E-state index >= 15 is 0 Å². The van der Waals surface area contributed by atoms with E-state index in [0.29, 0.717) is 24.0 Å². The molecule has 0 aliphatic carbocycles. The topological polar surface area (TPSA) is 92.7 Å². The van der Waals surface area contributed by atoms with E-state index in [1.807, 2.05) is 32.0 Å². The number of halogens is 4. The number of guanidine groups is 1. The largest absolute Gasteiger partial charge is 0.497 e. The predicted molar refractivity (Wildman–Crippen MR) is 128 cm³/mol. The highest BCUT2D eigenvalue weighted by atomic mass is 127. The molecule has 0 spiro atoms. The third-order valence-electron chi connectivity index (χ3n) is 4.21. The molecule has 0 saturated carbocycles. The number of hydrogen-bond donors (Lipinski definition) is 3. The Hall–Kier alpha value is -2.51. The Bertz CT molecular complexity index is 883. The van der Waals surface area contributed by atoms with Gasteiger partial charge in [0.2, 0.25) is 5.95 Å². The lowest BCUT2D eigenvalue weighted by molar-refractivity contribution is -0.141. The molecule has 8 nitrogen and oxygen atoms in total. The monoisotopic (exact) mass is 568 g/mol. The lowest BCUT2D eigenvalue weighted by atomic mass is 10.1. The summed E-state index contributed by atoms with van der Waals surface area (Å²) in [4.78, 5) is 11.7. The van der Waals surface area contributed by atoms with Gasteiger partial charge in [-0.15, -0.1) is 24.0 Å². The molecule has 1 unspecified atom stereocenters. The van der Waals surface area contributed by atoms with Crippen LogP contribution in [0.2, 0.25) is 0 Å². The number of rotatable bonds is 9. The molecule has 1 atom stereocenters. The minimum Gasteiger partial charge on any atom is -0.497 e. The first kappa shape index (κ1) is 27.5. The number of ether oxygens (including phenoxy) is 2. The van der Waals surface area contributed by atoms with Crippen LogP contribution in [0.5, 0.6) is 11.5 Å². The van der Waals surface area contributed by atoms with E-state index in [0.717, 1.165) is 17.8 Å². The third kappa shape index (κ3) is 8.20. The van der Waals surface area contributed by atoms with Crippen molar-refractivity contribution in [1.82, 2.24) is 20.6 Å². The number of benzene rings is 1. The van der Waals surface area contributed by atoms with E-state index < -0.39 is 11.9 Å². The fourth-order valence-corrected chi connectivity index (χ4v) is 2.72. The van der Waals surface area contributed by atoms with E-state index in [4.69, 9.17) is 9.47 Å². The fraction of sp³-hybridized carbons (Fsp3) is 0.450. The zero-order valence-corrected chi connectivity index (χ0v) is 20.6. The van der Waals surface area contributed by atoms with Gasteiger partial charge in [0.05, 0.1) is 26.8 Å². The van der Waals surface area contributed by atoms with Crippen LogP contribution in [-0.4, -0.2) is 49.8 Å². The van der Waals surface area contributed by atoms with Crippen molar-refractivity contribution in [3.8, 4) is 11.5 Å². The molecular weight excluding hydrogens is 540 g/mol. The van der Waals surface area contributed by atoms with E-state index in [1.165, 1.54) is 0 Å². The molecule has 0 aliphatic heterocycles. The number of aliphatic imine (C=N–C) groups is 1. The van der Waals surface area contributed by atoms with Crippen molar-refractivity contribution < 1.29 is 22.6 Å². The zero-order valence-electron chi connectivity index (χ0n) is 18.3. The van der Waals surface area contributed by atoms with Crippen molar-refractivity contribution in [2.24, 2.45) is 4.99 Å². The maximum atomic E-state index is 12.7. The summed E-state index contributed by atoms with van der Waals surface area (Å²) in [7, 11) is 3.19. The van der Waals surface area contributed by atoms with Crippen LogP contribution < -0.4 is 25.4 Å². The molecule has 12 heteroatoms. The van der Waals surface area contributed by atoms with Gasteiger partial charge < -0.3 is 25.4 Å². The first-order valence-electron chi connectivity index (χ1n) is 9.69. The van der Waals surface area contributed by atoms with Gasteiger partial charge in [-0.1, -0.05) is 0 Å². The normalized spacial score (nSPS) is 12.4. The van der Waals surface area contributed by atoms with Crippen molar-refractivity contribution in [3.05, 3.63) is 41.7 Å². The molecule has 0 radical (unpaired) electrons. The Balaban J connectivity index is 0.00000512. The Morgan fingerprint density at radius 3 is 2.56 bits per heavy atom. The van der Waals surface area contributed by atoms with E-state index in [2.05, 4.69) is 30.9 Å². The standard InChI is InChI=1S/C20H27F3N6O2.HI/c1-5-24-18(28-13(2)15-12-14(30-3)6-7-16(15)31-4)26-10-11-27-19-25-9-8-17(29-19)20(21,22)23;/h6-9,12-13H,5,10-11H2,1-4H3,(H2,24,26,28)(H,25,27,29);1H. The number of nitrogens with zero attached hydrogens (tertiary/aromatic N) is 3. The minimum absolute atomic E-state index is 0. The average molecular weight is 568 g/mol. The van der Waals surface area contributed by atoms with Gasteiger partial charge in [0.25, 0.3) is 0 Å². The van der Waals surface area contributed by atoms with Gasteiger partial charge >= 0.3 is 6.18 Å². The Kier molecular flexibility index (Phi) is 11.3. The van der Waals surface area contributed by atoms with Gasteiger partial charge in [-0.2, -0.15) is 13.2 Å². The zero-order chi connectivity index (χ0) is 22.9. The summed E-state index contributed by atoms with van der Waals surface area (Å²) in [6.45, 7) is 5.07. The number of anilines is 1. The lowest BCUT2D eigenvalue weighted by Crippen LogP contribution is -2.39. The van der Waals surface area contributed by atoms with Gasteiger partial charge in [0.1, 0.15) is 17.2 Å². The molecule has 1 aromatic heterocycles. The summed E-state index contributed by atoms with van der Waals surface area (Å²) < 4.78 is 48.9. The minimum atomic E-state index is -4.52. The maximum absolute atomic E-state index is 12.7. The molecule has 3 N–H and O–H groups in total. The number of nitrogens with one attached hydrogen (secondary N) is 3. The second-order valence-corrected chi connectivity index (χ2v) is 6.42. The van der Waals surface area contributed by atoms with Gasteiger partial charge in [-0.05, 0) is 38.1 Å². The Morgan fingerprint density at radius 2 is 1.94 bits per heavy atom. The van der Waals surface area contributed by atoms with Crippen LogP contribution in [-0.2, 0) is 6.18 Å². The van der Waals surface area contributed by atoms with Gasteiger partial charge in [-0.3, -0.25) is 4.99 Å². The van der Waals surface area contributed by atoms with E-state index in [-0.39, 0.29) is 49.1 Å². The smallest absolute Gasteiger partial charge is 0.433 e. The van der Waals surface area contributed by atoms with Crippen molar-refractivity contribution in [2.75, 3.05) is 39.2 Å². The van der Waals surface area contributed by atoms with Crippen LogP contribution in [0, 0.1) is 0 Å². The Labute approximate surface area is 202 Å². The van der Waals surface area contributed by atoms with Crippen LogP contribution in [0.3, 0.4) is 0 Å². The van der Waals surface area contributed by atoms with Crippen LogP contribution in [0.15, 0.2) is 35.5 Å². The summed E-state index contributed by atoms with van der Waals surface area (Å²) in [5.74, 6) is 1.86. The SMILES string of the molecule is CCNC(=NCCNc1nccc(C(F)(F)F)n1)NC(C)c1cc(OC)ccc1OC.I. The third-order valence-corrected chi connectivity index (χ3v) is 4.21. The summed E-state index contributed by atoms with van der Waals surface area (Å²) in [6, 6.07) is 6.20. The van der Waals surface area contributed by atoms with Crippen molar-refractivity contribution >= 4 is 35.9 Å². The second kappa shape index (κ2) is 13.1. The molecule has 1 heterocycles. The van der Waals surface area contributed by atoms with Gasteiger partial charge in [0, 0.05) is 24.8 Å². The highest BCUT2D eigenvalue weighted by Gasteiger charge is 2.32. The summed E-state index contributed by atoms with van der Waals surface area (Å²) >= 11 is 0. The van der Waals surface area contributed by atoms with Gasteiger partial charge in [-0.25, -0.2) is 9.97 Å². The second-order valence-electron chi connectivity index (χ2n) is 6.42. The number of hydrogen-bond acceptors (Lipinski definition) is 6. The lowest BCUT2D eigenvalue weighted by Gasteiger charge is -2.21. The van der Waals surface area contributed by atoms with Crippen LogP contribution >= 0.6 is 24.0 Å². The Morgan fingerprint density at radius 1 is 1.19 bits per heavy atom. The first-order chi connectivity index (χ1) is 14.8. The molecule has 0 bridgehead atoms. The van der Waals surface area contributed by atoms with E-state index in [1.54, 1.807) is 14.2 Å². The average Bonchev–Trinajstić information content (AvgIpc) is 2.75. The number of aromatic nitrogens is 2. The van der Waals surface area contributed by atoms with Crippen molar-refractivity contribution in [1.29, 1.82) is 0 Å². The van der Waals surface area contributed by atoms with Crippen LogP contribution in [0.25, 0.3) is 0 Å². The molecule has 0 aliphatic rings.